The third kappa shape index (κ3) is 4.26. The van der Waals surface area contributed by atoms with E-state index < -0.39 is 6.71 Å². The Labute approximate surface area is 192 Å². The van der Waals surface area contributed by atoms with Crippen LogP contribution in [0, 0.1) is 13.8 Å². The fourth-order valence-electron chi connectivity index (χ4n) is 4.31. The Morgan fingerprint density at radius 1 is 1.15 bits per heavy atom. The van der Waals surface area contributed by atoms with Crippen LogP contribution in [-0.2, 0) is 15.9 Å². The molecule has 1 atom stereocenters. The minimum atomic E-state index is -0.449. The van der Waals surface area contributed by atoms with Gasteiger partial charge >= 0.3 is 0 Å². The van der Waals surface area contributed by atoms with E-state index in [0.29, 0.717) is 31.2 Å². The van der Waals surface area contributed by atoms with E-state index in [9.17, 15) is 4.79 Å². The van der Waals surface area contributed by atoms with Crippen molar-refractivity contribution in [2.75, 3.05) is 13.2 Å². The van der Waals surface area contributed by atoms with Gasteiger partial charge in [-0.05, 0) is 43.9 Å². The maximum Gasteiger partial charge on any atom is 0.282 e. The van der Waals surface area contributed by atoms with Crippen LogP contribution in [0.5, 0.6) is 5.88 Å². The molecule has 1 aliphatic rings. The first-order valence-electron chi connectivity index (χ1n) is 11.2. The van der Waals surface area contributed by atoms with Gasteiger partial charge in [-0.25, -0.2) is 9.97 Å². The number of hydrogen-bond acceptors (Lipinski definition) is 6. The highest BCUT2D eigenvalue weighted by molar-refractivity contribution is 6.93. The number of carbonyl (C=O) groups is 1. The molecule has 33 heavy (non-hydrogen) atoms. The zero-order valence-corrected chi connectivity index (χ0v) is 18.8. The standard InChI is InChI=1S/C25H25BN4O3/c1-17-7-3-6-10-22(17)30-18(2)27-14-23(30)26(16-31)13-24-28-21-9-5-4-8-20(21)25(29-24)33-19-11-12-32-15-19/h3-10,14,16,19H,11-13,15H2,1-2H3. The minimum absolute atomic E-state index is 0.0249. The van der Waals surface area contributed by atoms with Gasteiger partial charge in [-0.2, -0.15) is 4.98 Å². The van der Waals surface area contributed by atoms with Crippen molar-refractivity contribution in [3.05, 3.63) is 71.9 Å². The van der Waals surface area contributed by atoms with Gasteiger partial charge in [0.2, 0.25) is 5.88 Å². The lowest BCUT2D eigenvalue weighted by molar-refractivity contribution is 0.139. The van der Waals surface area contributed by atoms with Crippen molar-refractivity contribution in [3.8, 4) is 11.6 Å². The predicted octanol–water partition coefficient (Wildman–Crippen LogP) is 2.86. The highest BCUT2D eigenvalue weighted by Crippen LogP contribution is 2.25. The molecule has 1 fully saturated rings. The summed E-state index contributed by atoms with van der Waals surface area (Å²) in [6.45, 7) is 4.79. The highest BCUT2D eigenvalue weighted by atomic mass is 16.5. The number of rotatable bonds is 7. The van der Waals surface area contributed by atoms with E-state index >= 15 is 0 Å². The van der Waals surface area contributed by atoms with Crippen molar-refractivity contribution in [2.45, 2.75) is 32.7 Å². The average Bonchev–Trinajstić information content (AvgIpc) is 3.47. The molecule has 0 aliphatic carbocycles. The highest BCUT2D eigenvalue weighted by Gasteiger charge is 2.26. The number of aryl methyl sites for hydroxylation is 2. The Morgan fingerprint density at radius 3 is 2.76 bits per heavy atom. The maximum absolute atomic E-state index is 12.3. The molecule has 8 heteroatoms. The minimum Gasteiger partial charge on any atom is -0.471 e. The van der Waals surface area contributed by atoms with Crippen molar-refractivity contribution < 1.29 is 14.3 Å². The summed E-state index contributed by atoms with van der Waals surface area (Å²) in [6.07, 6.45) is 3.88. The lowest BCUT2D eigenvalue weighted by atomic mass is 9.46. The Hall–Kier alpha value is -3.52. The zero-order valence-electron chi connectivity index (χ0n) is 18.8. The molecule has 5 rings (SSSR count). The molecule has 1 aliphatic heterocycles. The number of aromatic nitrogens is 4. The van der Waals surface area contributed by atoms with Crippen LogP contribution in [0.1, 0.15) is 23.6 Å². The van der Waals surface area contributed by atoms with Gasteiger partial charge in [-0.3, -0.25) is 0 Å². The molecule has 2 aromatic heterocycles. The molecule has 4 aromatic rings. The summed E-state index contributed by atoms with van der Waals surface area (Å²) in [5.41, 5.74) is 3.74. The summed E-state index contributed by atoms with van der Waals surface area (Å²) in [7, 11) is 0. The molecule has 0 saturated carbocycles. The van der Waals surface area contributed by atoms with Gasteiger partial charge in [0.05, 0.1) is 30.3 Å². The predicted molar refractivity (Wildman–Crippen MR) is 128 cm³/mol. The molecule has 1 unspecified atom stereocenters. The van der Waals surface area contributed by atoms with Crippen molar-refractivity contribution in [1.29, 1.82) is 0 Å². The molecule has 2 aromatic carbocycles. The first-order valence-corrected chi connectivity index (χ1v) is 11.2. The fourth-order valence-corrected chi connectivity index (χ4v) is 4.31. The van der Waals surface area contributed by atoms with Gasteiger partial charge in [0.25, 0.3) is 6.71 Å². The quantitative estimate of drug-likeness (QED) is 0.325. The van der Waals surface area contributed by atoms with E-state index in [1.165, 1.54) is 0 Å². The summed E-state index contributed by atoms with van der Waals surface area (Å²) in [4.78, 5) is 26.2. The van der Waals surface area contributed by atoms with Crippen LogP contribution < -0.4 is 10.3 Å². The lowest BCUT2D eigenvalue weighted by Crippen LogP contribution is -2.40. The Balaban J connectivity index is 1.52. The summed E-state index contributed by atoms with van der Waals surface area (Å²) in [6, 6.07) is 15.9. The van der Waals surface area contributed by atoms with Crippen LogP contribution >= 0.6 is 0 Å². The van der Waals surface area contributed by atoms with Gasteiger partial charge in [0, 0.05) is 23.9 Å². The van der Waals surface area contributed by atoms with Gasteiger partial charge in [-0.1, -0.05) is 30.3 Å². The second-order valence-corrected chi connectivity index (χ2v) is 8.36. The Morgan fingerprint density at radius 2 is 1.97 bits per heavy atom. The van der Waals surface area contributed by atoms with Gasteiger partial charge in [0.1, 0.15) is 17.8 Å². The largest absolute Gasteiger partial charge is 0.471 e. The second-order valence-electron chi connectivity index (χ2n) is 8.36. The summed E-state index contributed by atoms with van der Waals surface area (Å²) in [5, 5.41) is 0.858. The lowest BCUT2D eigenvalue weighted by Gasteiger charge is -2.16. The third-order valence-electron chi connectivity index (χ3n) is 6.05. The number of fused-ring (bicyclic) bond motifs is 1. The molecule has 7 nitrogen and oxygen atoms in total. The number of nitrogens with zero attached hydrogens (tertiary/aromatic N) is 4. The molecule has 1 saturated heterocycles. The number of para-hydroxylation sites is 2. The number of benzene rings is 2. The van der Waals surface area contributed by atoms with Crippen LogP contribution in [-0.4, -0.2) is 51.7 Å². The number of ether oxygens (including phenoxy) is 2. The molecular formula is C25H25BN4O3. The van der Waals surface area contributed by atoms with Crippen LogP contribution in [0.4, 0.5) is 0 Å². The summed E-state index contributed by atoms with van der Waals surface area (Å²) < 4.78 is 13.7. The molecule has 166 valence electrons. The van der Waals surface area contributed by atoms with Crippen molar-refractivity contribution in [1.82, 2.24) is 19.5 Å². The first-order chi connectivity index (χ1) is 16.1. The average molecular weight is 440 g/mol. The summed E-state index contributed by atoms with van der Waals surface area (Å²) in [5.74, 6) is 1.94. The Bertz CT molecular complexity index is 1300. The van der Waals surface area contributed by atoms with Crippen molar-refractivity contribution in [3.63, 3.8) is 0 Å². The molecule has 0 bridgehead atoms. The van der Waals surface area contributed by atoms with Crippen LogP contribution in [0.25, 0.3) is 16.6 Å². The van der Waals surface area contributed by atoms with E-state index in [0.717, 1.165) is 46.2 Å². The number of carbonyl (C=O) groups excluding carboxylic acids is 1. The Kier molecular flexibility index (Phi) is 5.92. The van der Waals surface area contributed by atoms with Gasteiger partial charge in [-0.15, -0.1) is 0 Å². The second kappa shape index (κ2) is 9.15. The SMILES string of the molecule is Cc1ccccc1-n1c(B(C=O)Cc2nc(OC3CCOC3)c3ccccc3n2)cnc1C. The molecule has 0 amide bonds. The monoisotopic (exact) mass is 440 g/mol. The normalized spacial score (nSPS) is 15.6. The molecule has 0 spiro atoms. The topological polar surface area (TPSA) is 79.1 Å². The van der Waals surface area contributed by atoms with E-state index in [1.807, 2.05) is 54.0 Å². The van der Waals surface area contributed by atoms with Crippen LogP contribution in [0.3, 0.4) is 0 Å². The molecular weight excluding hydrogens is 415 g/mol. The molecule has 3 heterocycles. The van der Waals surface area contributed by atoms with Crippen molar-refractivity contribution >= 4 is 29.4 Å². The number of imidazole rings is 1. The van der Waals surface area contributed by atoms with E-state index in [2.05, 4.69) is 18.0 Å². The zero-order chi connectivity index (χ0) is 22.8. The summed E-state index contributed by atoms with van der Waals surface area (Å²) >= 11 is 0. The molecule has 0 radical (unpaired) electrons. The van der Waals surface area contributed by atoms with Crippen LogP contribution in [0.2, 0.25) is 0 Å². The first kappa shape index (κ1) is 21.3. The third-order valence-corrected chi connectivity index (χ3v) is 6.05. The van der Waals surface area contributed by atoms with E-state index in [-0.39, 0.29) is 6.10 Å². The fraction of sp³-hybridized carbons (Fsp3) is 0.280. The van der Waals surface area contributed by atoms with Gasteiger partial charge in [0.15, 0.2) is 0 Å². The van der Waals surface area contributed by atoms with Gasteiger partial charge < -0.3 is 18.8 Å². The molecule has 0 N–H and O–H groups in total. The van der Waals surface area contributed by atoms with Crippen molar-refractivity contribution in [2.24, 2.45) is 0 Å². The maximum atomic E-state index is 12.3. The van der Waals surface area contributed by atoms with Crippen LogP contribution in [0.15, 0.2) is 54.7 Å². The van der Waals surface area contributed by atoms with E-state index in [4.69, 9.17) is 19.4 Å². The smallest absolute Gasteiger partial charge is 0.282 e. The van der Waals surface area contributed by atoms with E-state index in [1.54, 1.807) is 6.20 Å². The number of hydrogen-bond donors (Lipinski definition) is 0.